The van der Waals surface area contributed by atoms with E-state index in [1.165, 1.54) is 6.33 Å². The standard InChI is InChI=1S/C13H25N5O/c1-3-7-11-12(16-10-17-13(11)18-14)15-8-5-4-6-9-19-2/h10H,3-9,14H2,1-2H3,(H2,15,16,17,18). The van der Waals surface area contributed by atoms with Crippen LogP contribution in [0.3, 0.4) is 0 Å². The third-order valence-electron chi connectivity index (χ3n) is 2.90. The molecule has 0 aliphatic rings. The quantitative estimate of drug-likeness (QED) is 0.341. The zero-order valence-electron chi connectivity index (χ0n) is 11.9. The molecule has 0 saturated heterocycles. The second-order valence-electron chi connectivity index (χ2n) is 4.42. The van der Waals surface area contributed by atoms with Gasteiger partial charge < -0.3 is 15.5 Å². The topological polar surface area (TPSA) is 85.1 Å². The Morgan fingerprint density at radius 2 is 2.00 bits per heavy atom. The molecule has 0 aliphatic carbocycles. The molecule has 1 aromatic rings. The number of methoxy groups -OCH3 is 1. The normalized spacial score (nSPS) is 10.5. The summed E-state index contributed by atoms with van der Waals surface area (Å²) in [4.78, 5) is 8.44. The summed E-state index contributed by atoms with van der Waals surface area (Å²) < 4.78 is 5.02. The van der Waals surface area contributed by atoms with E-state index >= 15 is 0 Å². The van der Waals surface area contributed by atoms with E-state index in [1.807, 2.05) is 0 Å². The molecule has 0 saturated carbocycles. The summed E-state index contributed by atoms with van der Waals surface area (Å²) >= 11 is 0. The van der Waals surface area contributed by atoms with Crippen LogP contribution < -0.4 is 16.6 Å². The number of nitrogens with two attached hydrogens (primary N) is 1. The fourth-order valence-corrected chi connectivity index (χ4v) is 1.93. The Kier molecular flexibility index (Phi) is 7.84. The Morgan fingerprint density at radius 3 is 2.68 bits per heavy atom. The first-order chi connectivity index (χ1) is 9.33. The number of hydrazine groups is 1. The molecule has 0 unspecified atom stereocenters. The summed E-state index contributed by atoms with van der Waals surface area (Å²) in [5.41, 5.74) is 3.69. The van der Waals surface area contributed by atoms with Crippen molar-refractivity contribution in [2.24, 2.45) is 5.84 Å². The highest BCUT2D eigenvalue weighted by molar-refractivity contribution is 5.56. The zero-order chi connectivity index (χ0) is 13.9. The van der Waals surface area contributed by atoms with Crippen molar-refractivity contribution >= 4 is 11.6 Å². The molecule has 0 bridgehead atoms. The summed E-state index contributed by atoms with van der Waals surface area (Å²) in [7, 11) is 1.73. The van der Waals surface area contributed by atoms with E-state index in [1.54, 1.807) is 7.11 Å². The lowest BCUT2D eigenvalue weighted by molar-refractivity contribution is 0.192. The van der Waals surface area contributed by atoms with Crippen molar-refractivity contribution in [3.8, 4) is 0 Å². The van der Waals surface area contributed by atoms with E-state index in [2.05, 4.69) is 27.6 Å². The van der Waals surface area contributed by atoms with Gasteiger partial charge in [-0.1, -0.05) is 13.3 Å². The lowest BCUT2D eigenvalue weighted by Gasteiger charge is -2.13. The summed E-state index contributed by atoms with van der Waals surface area (Å²) in [6, 6.07) is 0. The molecule has 19 heavy (non-hydrogen) atoms. The van der Waals surface area contributed by atoms with E-state index < -0.39 is 0 Å². The van der Waals surface area contributed by atoms with Gasteiger partial charge in [-0.05, 0) is 25.7 Å². The Morgan fingerprint density at radius 1 is 1.21 bits per heavy atom. The van der Waals surface area contributed by atoms with Gasteiger partial charge in [0, 0.05) is 25.8 Å². The number of aromatic nitrogens is 2. The largest absolute Gasteiger partial charge is 0.385 e. The van der Waals surface area contributed by atoms with Gasteiger partial charge in [-0.25, -0.2) is 15.8 Å². The maximum absolute atomic E-state index is 5.48. The van der Waals surface area contributed by atoms with Crippen LogP contribution in [0.5, 0.6) is 0 Å². The van der Waals surface area contributed by atoms with Gasteiger partial charge in [-0.15, -0.1) is 0 Å². The number of ether oxygens (including phenoxy) is 1. The lowest BCUT2D eigenvalue weighted by Crippen LogP contribution is -2.14. The van der Waals surface area contributed by atoms with Gasteiger partial charge in [-0.3, -0.25) is 0 Å². The Hall–Kier alpha value is -1.40. The first kappa shape index (κ1) is 15.7. The molecule has 1 aromatic heterocycles. The minimum Gasteiger partial charge on any atom is -0.385 e. The van der Waals surface area contributed by atoms with E-state index in [0.717, 1.165) is 56.6 Å². The molecule has 0 aliphatic heterocycles. The fraction of sp³-hybridized carbons (Fsp3) is 0.692. The number of nitrogens with one attached hydrogen (secondary N) is 2. The van der Waals surface area contributed by atoms with Crippen LogP contribution in [0.1, 0.15) is 38.2 Å². The maximum atomic E-state index is 5.48. The Bertz CT molecular complexity index is 359. The summed E-state index contributed by atoms with van der Waals surface area (Å²) in [6.07, 6.45) is 6.82. The molecule has 0 radical (unpaired) electrons. The van der Waals surface area contributed by atoms with Crippen LogP contribution in [-0.4, -0.2) is 30.2 Å². The van der Waals surface area contributed by atoms with Crippen molar-refractivity contribution in [3.05, 3.63) is 11.9 Å². The van der Waals surface area contributed by atoms with Crippen LogP contribution in [0, 0.1) is 0 Å². The minimum absolute atomic E-state index is 0.707. The van der Waals surface area contributed by atoms with Gasteiger partial charge >= 0.3 is 0 Å². The van der Waals surface area contributed by atoms with E-state index in [4.69, 9.17) is 10.6 Å². The summed E-state index contributed by atoms with van der Waals surface area (Å²) in [6.45, 7) is 3.86. The number of hydrogen-bond acceptors (Lipinski definition) is 6. The maximum Gasteiger partial charge on any atom is 0.148 e. The lowest BCUT2D eigenvalue weighted by atomic mass is 10.1. The molecule has 0 amide bonds. The molecule has 0 aromatic carbocycles. The molecular weight excluding hydrogens is 242 g/mol. The molecule has 1 heterocycles. The Balaban J connectivity index is 2.47. The van der Waals surface area contributed by atoms with Crippen LogP contribution in [0.25, 0.3) is 0 Å². The van der Waals surface area contributed by atoms with E-state index in [0.29, 0.717) is 5.82 Å². The van der Waals surface area contributed by atoms with Gasteiger partial charge in [0.1, 0.15) is 18.0 Å². The van der Waals surface area contributed by atoms with Gasteiger partial charge in [0.15, 0.2) is 0 Å². The molecular formula is C13H25N5O. The van der Waals surface area contributed by atoms with Gasteiger partial charge in [0.2, 0.25) is 0 Å². The smallest absolute Gasteiger partial charge is 0.148 e. The number of rotatable bonds is 10. The van der Waals surface area contributed by atoms with Crippen LogP contribution in [0.15, 0.2) is 6.33 Å². The predicted octanol–water partition coefficient (Wildman–Crippen LogP) is 1.94. The SMILES string of the molecule is CCCc1c(NN)ncnc1NCCCCCOC. The first-order valence-corrected chi connectivity index (χ1v) is 6.86. The zero-order valence-corrected chi connectivity index (χ0v) is 11.9. The second kappa shape index (κ2) is 9.52. The van der Waals surface area contributed by atoms with Crippen molar-refractivity contribution in [1.82, 2.24) is 9.97 Å². The van der Waals surface area contributed by atoms with Crippen molar-refractivity contribution < 1.29 is 4.74 Å². The molecule has 0 fully saturated rings. The number of unbranched alkanes of at least 4 members (excludes halogenated alkanes) is 2. The van der Waals surface area contributed by atoms with E-state index in [-0.39, 0.29) is 0 Å². The molecule has 6 heteroatoms. The number of nitrogens with zero attached hydrogens (tertiary/aromatic N) is 2. The highest BCUT2D eigenvalue weighted by atomic mass is 16.5. The van der Waals surface area contributed by atoms with Crippen molar-refractivity contribution in [2.45, 2.75) is 39.0 Å². The van der Waals surface area contributed by atoms with Crippen molar-refractivity contribution in [1.29, 1.82) is 0 Å². The van der Waals surface area contributed by atoms with Gasteiger partial charge in [0.25, 0.3) is 0 Å². The minimum atomic E-state index is 0.707. The summed E-state index contributed by atoms with van der Waals surface area (Å²) in [5.74, 6) is 7.07. The highest BCUT2D eigenvalue weighted by Crippen LogP contribution is 2.20. The molecule has 4 N–H and O–H groups in total. The molecule has 1 rings (SSSR count). The first-order valence-electron chi connectivity index (χ1n) is 6.86. The van der Waals surface area contributed by atoms with Gasteiger partial charge in [-0.2, -0.15) is 0 Å². The van der Waals surface area contributed by atoms with E-state index in [9.17, 15) is 0 Å². The number of anilines is 2. The number of hydrogen-bond donors (Lipinski definition) is 3. The Labute approximate surface area is 115 Å². The summed E-state index contributed by atoms with van der Waals surface area (Å²) in [5, 5.41) is 3.36. The molecule has 108 valence electrons. The monoisotopic (exact) mass is 267 g/mol. The number of nitrogen functional groups attached to an aromatic ring is 1. The second-order valence-corrected chi connectivity index (χ2v) is 4.42. The van der Waals surface area contributed by atoms with Crippen molar-refractivity contribution in [2.75, 3.05) is 31.0 Å². The molecule has 6 nitrogen and oxygen atoms in total. The van der Waals surface area contributed by atoms with Crippen LogP contribution in [0.4, 0.5) is 11.6 Å². The molecule has 0 atom stereocenters. The van der Waals surface area contributed by atoms with Crippen LogP contribution in [0.2, 0.25) is 0 Å². The third-order valence-corrected chi connectivity index (χ3v) is 2.90. The van der Waals surface area contributed by atoms with Crippen LogP contribution >= 0.6 is 0 Å². The predicted molar refractivity (Wildman–Crippen MR) is 78.1 cm³/mol. The average Bonchev–Trinajstić information content (AvgIpc) is 2.44. The highest BCUT2D eigenvalue weighted by Gasteiger charge is 2.09. The molecule has 0 spiro atoms. The fourth-order valence-electron chi connectivity index (χ4n) is 1.93. The third kappa shape index (κ3) is 5.40. The van der Waals surface area contributed by atoms with Crippen LogP contribution in [-0.2, 0) is 11.2 Å². The average molecular weight is 267 g/mol. The van der Waals surface area contributed by atoms with Crippen molar-refractivity contribution in [3.63, 3.8) is 0 Å². The van der Waals surface area contributed by atoms with Gasteiger partial charge in [0.05, 0.1) is 0 Å².